The van der Waals surface area contributed by atoms with Gasteiger partial charge in [-0.15, -0.1) is 0 Å². The molecule has 0 radical (unpaired) electrons. The number of thioether (sulfide) groups is 1. The molecule has 1 fully saturated rings. The molecule has 1 heterocycles. The van der Waals surface area contributed by atoms with Crippen molar-refractivity contribution in [1.29, 1.82) is 0 Å². The lowest BCUT2D eigenvalue weighted by Crippen LogP contribution is -2.34. The molecule has 0 bridgehead atoms. The first kappa shape index (κ1) is 23.4. The number of benzene rings is 3. The number of fused-ring (bicyclic) bond motifs is 1. The van der Waals surface area contributed by atoms with Gasteiger partial charge in [0.25, 0.3) is 11.1 Å². The van der Waals surface area contributed by atoms with Crippen molar-refractivity contribution in [2.45, 2.75) is 33.4 Å². The molecule has 2 amide bonds. The third-order valence-electron chi connectivity index (χ3n) is 5.17. The second kappa shape index (κ2) is 10.0. The van der Waals surface area contributed by atoms with Crippen molar-refractivity contribution in [2.75, 3.05) is 6.61 Å². The van der Waals surface area contributed by atoms with Gasteiger partial charge >= 0.3 is 0 Å². The van der Waals surface area contributed by atoms with Crippen molar-refractivity contribution in [3.8, 4) is 11.5 Å². The van der Waals surface area contributed by atoms with Crippen molar-refractivity contribution in [3.63, 3.8) is 0 Å². The number of carbonyl (C=O) groups is 2. The van der Waals surface area contributed by atoms with Crippen LogP contribution < -0.4 is 9.47 Å². The second-order valence-electron chi connectivity index (χ2n) is 7.88. The minimum atomic E-state index is -0.272. The number of carbonyl (C=O) groups excluding carboxylic acids is 2. The van der Waals surface area contributed by atoms with Crippen LogP contribution in [0.3, 0.4) is 0 Å². The van der Waals surface area contributed by atoms with Crippen molar-refractivity contribution in [1.82, 2.24) is 4.90 Å². The van der Waals surface area contributed by atoms with Gasteiger partial charge in [0.05, 0.1) is 16.0 Å². The highest BCUT2D eigenvalue weighted by Crippen LogP contribution is 2.40. The SMILES string of the molecule is CCOc1cc(/C=C2/SC(=O)N(C(C)C)C2=O)cc(Br)c1OCc1ccc2ccccc2c1. The Morgan fingerprint density at radius 3 is 2.48 bits per heavy atom. The molecule has 0 atom stereocenters. The Labute approximate surface area is 205 Å². The van der Waals surface area contributed by atoms with E-state index in [2.05, 4.69) is 46.3 Å². The summed E-state index contributed by atoms with van der Waals surface area (Å²) in [4.78, 5) is 26.5. The van der Waals surface area contributed by atoms with Gasteiger partial charge in [0, 0.05) is 6.04 Å². The maximum atomic E-state index is 12.6. The first-order valence-corrected chi connectivity index (χ1v) is 12.3. The van der Waals surface area contributed by atoms with E-state index < -0.39 is 0 Å². The minimum absolute atomic E-state index is 0.181. The molecule has 3 aromatic carbocycles. The number of hydrogen-bond acceptors (Lipinski definition) is 5. The zero-order valence-electron chi connectivity index (χ0n) is 18.6. The fourth-order valence-electron chi connectivity index (χ4n) is 3.63. The molecule has 0 spiro atoms. The topological polar surface area (TPSA) is 55.8 Å². The van der Waals surface area contributed by atoms with Crippen LogP contribution in [0.5, 0.6) is 11.5 Å². The third-order valence-corrected chi connectivity index (χ3v) is 6.64. The molecule has 1 aliphatic rings. The third kappa shape index (κ3) is 5.09. The number of amides is 2. The molecule has 1 aliphatic heterocycles. The number of nitrogens with zero attached hydrogens (tertiary/aromatic N) is 1. The van der Waals surface area contributed by atoms with Gasteiger partial charge in [-0.3, -0.25) is 14.5 Å². The average molecular weight is 526 g/mol. The lowest BCUT2D eigenvalue weighted by Gasteiger charge is -2.16. The lowest BCUT2D eigenvalue weighted by atomic mass is 10.1. The van der Waals surface area contributed by atoms with Gasteiger partial charge < -0.3 is 9.47 Å². The molecule has 5 nitrogen and oxygen atoms in total. The predicted octanol–water partition coefficient (Wildman–Crippen LogP) is 7.02. The molecule has 0 aromatic heterocycles. The summed E-state index contributed by atoms with van der Waals surface area (Å²) in [6, 6.07) is 18.0. The molecule has 0 aliphatic carbocycles. The average Bonchev–Trinajstić information content (AvgIpc) is 3.06. The van der Waals surface area contributed by atoms with Gasteiger partial charge in [-0.05, 0) is 94.6 Å². The Kier molecular flexibility index (Phi) is 7.10. The summed E-state index contributed by atoms with van der Waals surface area (Å²) in [7, 11) is 0. The van der Waals surface area contributed by atoms with Gasteiger partial charge in [-0.1, -0.05) is 36.4 Å². The van der Waals surface area contributed by atoms with Gasteiger partial charge in [-0.25, -0.2) is 0 Å². The van der Waals surface area contributed by atoms with E-state index in [1.807, 2.05) is 45.0 Å². The normalized spacial score (nSPS) is 15.2. The number of rotatable bonds is 7. The molecular formula is C26H24BrNO4S. The molecule has 0 unspecified atom stereocenters. The molecule has 0 N–H and O–H groups in total. The number of hydrogen-bond donors (Lipinski definition) is 0. The van der Waals surface area contributed by atoms with Crippen LogP contribution in [0.15, 0.2) is 64.0 Å². The molecule has 33 heavy (non-hydrogen) atoms. The van der Waals surface area contributed by atoms with Crippen molar-refractivity contribution in [2.24, 2.45) is 0 Å². The summed E-state index contributed by atoms with van der Waals surface area (Å²) in [5, 5.41) is 2.10. The van der Waals surface area contributed by atoms with Crippen LogP contribution in [0.25, 0.3) is 16.8 Å². The second-order valence-corrected chi connectivity index (χ2v) is 9.73. The van der Waals surface area contributed by atoms with E-state index in [-0.39, 0.29) is 17.2 Å². The molecule has 170 valence electrons. The molecule has 7 heteroatoms. The van der Waals surface area contributed by atoms with Crippen molar-refractivity contribution < 1.29 is 19.1 Å². The highest BCUT2D eigenvalue weighted by molar-refractivity contribution is 9.10. The monoisotopic (exact) mass is 525 g/mol. The summed E-state index contributed by atoms with van der Waals surface area (Å²) in [5.74, 6) is 0.894. The summed E-state index contributed by atoms with van der Waals surface area (Å²) in [5.41, 5.74) is 1.80. The Morgan fingerprint density at radius 1 is 1.03 bits per heavy atom. The molecular weight excluding hydrogens is 502 g/mol. The zero-order valence-corrected chi connectivity index (χ0v) is 21.0. The molecule has 3 aromatic rings. The highest BCUT2D eigenvalue weighted by atomic mass is 79.9. The van der Waals surface area contributed by atoms with Crippen LogP contribution in [-0.4, -0.2) is 28.7 Å². The number of imide groups is 1. The van der Waals surface area contributed by atoms with Gasteiger partial charge in [-0.2, -0.15) is 0 Å². The van der Waals surface area contributed by atoms with Gasteiger partial charge in [0.2, 0.25) is 0 Å². The summed E-state index contributed by atoms with van der Waals surface area (Å²) in [6.07, 6.45) is 1.72. The number of halogens is 1. The summed E-state index contributed by atoms with van der Waals surface area (Å²) in [6.45, 7) is 6.40. The maximum absolute atomic E-state index is 12.6. The summed E-state index contributed by atoms with van der Waals surface area (Å²) >= 11 is 4.54. The van der Waals surface area contributed by atoms with Crippen LogP contribution in [0.2, 0.25) is 0 Å². The van der Waals surface area contributed by atoms with Crippen LogP contribution in [0.1, 0.15) is 31.9 Å². The van der Waals surface area contributed by atoms with Gasteiger partial charge in [0.15, 0.2) is 11.5 Å². The van der Waals surface area contributed by atoms with Crippen LogP contribution in [0.4, 0.5) is 4.79 Å². The predicted molar refractivity (Wildman–Crippen MR) is 137 cm³/mol. The van der Waals surface area contributed by atoms with E-state index in [9.17, 15) is 9.59 Å². The number of ether oxygens (including phenoxy) is 2. The Morgan fingerprint density at radius 2 is 1.79 bits per heavy atom. The quantitative estimate of drug-likeness (QED) is 0.310. The fraction of sp³-hybridized carbons (Fsp3) is 0.231. The standard InChI is InChI=1S/C26H24BrNO4S/c1-4-31-22-13-18(14-23-25(29)28(16(2)3)26(30)33-23)12-21(27)24(22)32-15-17-9-10-19-7-5-6-8-20(19)11-17/h5-14,16H,4,15H2,1-3H3/b23-14+. The van der Waals surface area contributed by atoms with Crippen molar-refractivity contribution >= 4 is 55.7 Å². The maximum Gasteiger partial charge on any atom is 0.293 e. The van der Waals surface area contributed by atoms with E-state index in [4.69, 9.17) is 9.47 Å². The zero-order chi connectivity index (χ0) is 23.5. The lowest BCUT2D eigenvalue weighted by molar-refractivity contribution is -0.123. The highest BCUT2D eigenvalue weighted by Gasteiger charge is 2.36. The van der Waals surface area contributed by atoms with Crippen LogP contribution in [-0.2, 0) is 11.4 Å². The van der Waals surface area contributed by atoms with E-state index in [1.54, 1.807) is 6.08 Å². The Hall–Kier alpha value is -2.77. The van der Waals surface area contributed by atoms with Crippen LogP contribution >= 0.6 is 27.7 Å². The van der Waals surface area contributed by atoms with E-state index >= 15 is 0 Å². The fourth-order valence-corrected chi connectivity index (χ4v) is 5.17. The van der Waals surface area contributed by atoms with Crippen molar-refractivity contribution in [3.05, 3.63) is 75.1 Å². The smallest absolute Gasteiger partial charge is 0.293 e. The molecule has 4 rings (SSSR count). The Bertz CT molecular complexity index is 1250. The molecule has 1 saturated heterocycles. The van der Waals surface area contributed by atoms with E-state index in [0.717, 1.165) is 28.3 Å². The first-order valence-electron chi connectivity index (χ1n) is 10.7. The first-order chi connectivity index (χ1) is 15.9. The Balaban J connectivity index is 1.59. The molecule has 0 saturated carbocycles. The van der Waals surface area contributed by atoms with Gasteiger partial charge in [0.1, 0.15) is 6.61 Å². The van der Waals surface area contributed by atoms with E-state index in [0.29, 0.717) is 34.1 Å². The summed E-state index contributed by atoms with van der Waals surface area (Å²) < 4.78 is 12.7. The minimum Gasteiger partial charge on any atom is -0.490 e. The van der Waals surface area contributed by atoms with Crippen LogP contribution in [0, 0.1) is 0 Å². The van der Waals surface area contributed by atoms with E-state index in [1.165, 1.54) is 10.3 Å². The largest absolute Gasteiger partial charge is 0.490 e.